The number of benzene rings is 1. The lowest BCUT2D eigenvalue weighted by Crippen LogP contribution is -2.38. The maximum absolute atomic E-state index is 13.4. The van der Waals surface area contributed by atoms with Crippen molar-refractivity contribution in [3.63, 3.8) is 0 Å². The zero-order valence-electron chi connectivity index (χ0n) is 15.7. The van der Waals surface area contributed by atoms with E-state index in [4.69, 9.17) is 15.5 Å². The Hall–Kier alpha value is -2.44. The molecule has 1 fully saturated rings. The SMILES string of the molecule is Nc1c(N2CCOCC2)c(C(=O)c2ccccc2)nc2sc3c(c12)CCCC3. The number of nitrogens with two attached hydrogens (primary N) is 1. The molecule has 2 N–H and O–H groups in total. The number of aromatic nitrogens is 1. The average Bonchev–Trinajstić information content (AvgIpc) is 3.13. The standard InChI is InChI=1S/C22H23N3O2S/c23-18-17-15-8-4-5-9-16(15)28-22(17)24-19(20(18)25-10-12-27-13-11-25)21(26)14-6-2-1-3-7-14/h1-3,6-7H,4-5,8-13H2,(H2,23,24). The minimum atomic E-state index is -0.0675. The summed E-state index contributed by atoms with van der Waals surface area (Å²) in [5, 5.41) is 1.07. The third kappa shape index (κ3) is 2.88. The fourth-order valence-corrected chi connectivity index (χ4v) is 5.58. The first kappa shape index (κ1) is 17.6. The van der Waals surface area contributed by atoms with Crippen LogP contribution in [0.1, 0.15) is 39.3 Å². The molecule has 28 heavy (non-hydrogen) atoms. The second kappa shape index (κ2) is 7.18. The lowest BCUT2D eigenvalue weighted by Gasteiger charge is -2.31. The fraction of sp³-hybridized carbons (Fsp3) is 0.364. The van der Waals surface area contributed by atoms with Gasteiger partial charge >= 0.3 is 0 Å². The smallest absolute Gasteiger partial charge is 0.213 e. The molecule has 0 unspecified atom stereocenters. The van der Waals surface area contributed by atoms with E-state index < -0.39 is 0 Å². The Morgan fingerprint density at radius 2 is 1.86 bits per heavy atom. The zero-order valence-corrected chi connectivity index (χ0v) is 16.6. The number of ether oxygens (including phenoxy) is 1. The number of carbonyl (C=O) groups excluding carboxylic acids is 1. The Morgan fingerprint density at radius 3 is 2.64 bits per heavy atom. The number of morpholine rings is 1. The van der Waals surface area contributed by atoms with E-state index in [1.165, 1.54) is 23.3 Å². The molecular weight excluding hydrogens is 370 g/mol. The Kier molecular flexibility index (Phi) is 4.53. The van der Waals surface area contributed by atoms with Gasteiger partial charge in [0.1, 0.15) is 10.5 Å². The van der Waals surface area contributed by atoms with E-state index >= 15 is 0 Å². The van der Waals surface area contributed by atoms with Gasteiger partial charge in [-0.1, -0.05) is 30.3 Å². The molecule has 3 aromatic rings. The monoisotopic (exact) mass is 393 g/mol. The predicted octanol–water partition coefficient (Wildman–Crippen LogP) is 3.82. The molecule has 2 aromatic heterocycles. The number of hydrogen-bond acceptors (Lipinski definition) is 6. The van der Waals surface area contributed by atoms with E-state index in [0.717, 1.165) is 41.8 Å². The van der Waals surface area contributed by atoms with Crippen LogP contribution in [0.15, 0.2) is 30.3 Å². The van der Waals surface area contributed by atoms with E-state index in [1.807, 2.05) is 30.3 Å². The van der Waals surface area contributed by atoms with Gasteiger partial charge in [0.05, 0.1) is 24.6 Å². The van der Waals surface area contributed by atoms with Crippen molar-refractivity contribution in [3.8, 4) is 0 Å². The second-order valence-electron chi connectivity index (χ2n) is 7.41. The van der Waals surface area contributed by atoms with E-state index in [-0.39, 0.29) is 5.78 Å². The molecule has 1 saturated heterocycles. The van der Waals surface area contributed by atoms with Gasteiger partial charge in [0, 0.05) is 28.9 Å². The average molecular weight is 394 g/mol. The van der Waals surface area contributed by atoms with Crippen LogP contribution in [-0.4, -0.2) is 37.1 Å². The lowest BCUT2D eigenvalue weighted by atomic mass is 9.95. The zero-order chi connectivity index (χ0) is 19.1. The molecule has 0 bridgehead atoms. The highest BCUT2D eigenvalue weighted by Crippen LogP contribution is 2.43. The van der Waals surface area contributed by atoms with Crippen LogP contribution in [0.2, 0.25) is 0 Å². The van der Waals surface area contributed by atoms with Crippen LogP contribution in [-0.2, 0) is 17.6 Å². The number of ketones is 1. The van der Waals surface area contributed by atoms with Gasteiger partial charge in [0.25, 0.3) is 0 Å². The van der Waals surface area contributed by atoms with Gasteiger partial charge in [0.15, 0.2) is 0 Å². The molecule has 0 spiro atoms. The molecule has 144 valence electrons. The summed E-state index contributed by atoms with van der Waals surface area (Å²) in [6, 6.07) is 9.36. The molecule has 1 aliphatic heterocycles. The molecular formula is C22H23N3O2S. The topological polar surface area (TPSA) is 68.4 Å². The highest BCUT2D eigenvalue weighted by Gasteiger charge is 2.28. The molecule has 0 radical (unpaired) electrons. The molecule has 1 aromatic carbocycles. The summed E-state index contributed by atoms with van der Waals surface area (Å²) >= 11 is 1.71. The van der Waals surface area contributed by atoms with Crippen LogP contribution in [0.4, 0.5) is 11.4 Å². The van der Waals surface area contributed by atoms with E-state index in [1.54, 1.807) is 11.3 Å². The van der Waals surface area contributed by atoms with Crippen molar-refractivity contribution in [3.05, 3.63) is 52.0 Å². The Balaban J connectivity index is 1.74. The van der Waals surface area contributed by atoms with Gasteiger partial charge in [-0.2, -0.15) is 0 Å². The van der Waals surface area contributed by atoms with Gasteiger partial charge < -0.3 is 15.4 Å². The van der Waals surface area contributed by atoms with Crippen molar-refractivity contribution in [2.45, 2.75) is 25.7 Å². The first-order valence-corrected chi connectivity index (χ1v) is 10.7. The van der Waals surface area contributed by atoms with Crippen molar-refractivity contribution in [1.82, 2.24) is 4.98 Å². The van der Waals surface area contributed by atoms with Gasteiger partial charge in [-0.25, -0.2) is 4.98 Å². The number of rotatable bonds is 3. The molecule has 0 amide bonds. The molecule has 0 saturated carbocycles. The van der Waals surface area contributed by atoms with Crippen LogP contribution in [0.5, 0.6) is 0 Å². The first-order valence-electron chi connectivity index (χ1n) is 9.90. The van der Waals surface area contributed by atoms with Gasteiger partial charge in [-0.05, 0) is 31.2 Å². The first-order chi connectivity index (χ1) is 13.7. The third-order valence-electron chi connectivity index (χ3n) is 5.69. The normalized spacial score (nSPS) is 16.9. The Labute approximate surface area is 168 Å². The minimum absolute atomic E-state index is 0.0675. The summed E-state index contributed by atoms with van der Waals surface area (Å²) in [6.45, 7) is 2.72. The summed E-state index contributed by atoms with van der Waals surface area (Å²) in [6.07, 6.45) is 4.54. The summed E-state index contributed by atoms with van der Waals surface area (Å²) in [4.78, 5) is 22.7. The molecule has 3 heterocycles. The number of aryl methyl sites for hydroxylation is 2. The third-order valence-corrected chi connectivity index (χ3v) is 6.88. The minimum Gasteiger partial charge on any atom is -0.396 e. The summed E-state index contributed by atoms with van der Waals surface area (Å²) in [5.74, 6) is -0.0675. The van der Waals surface area contributed by atoms with Crippen LogP contribution < -0.4 is 10.6 Å². The number of nitrogen functional groups attached to an aromatic ring is 1. The van der Waals surface area contributed by atoms with Crippen molar-refractivity contribution >= 4 is 38.7 Å². The summed E-state index contributed by atoms with van der Waals surface area (Å²) in [7, 11) is 0. The molecule has 5 nitrogen and oxygen atoms in total. The van der Waals surface area contributed by atoms with Gasteiger partial charge in [0.2, 0.25) is 5.78 Å². The van der Waals surface area contributed by atoms with Gasteiger partial charge in [-0.3, -0.25) is 4.79 Å². The Bertz CT molecular complexity index is 1040. The Morgan fingerprint density at radius 1 is 1.11 bits per heavy atom. The van der Waals surface area contributed by atoms with Crippen LogP contribution in [0.3, 0.4) is 0 Å². The van der Waals surface area contributed by atoms with Crippen LogP contribution in [0, 0.1) is 0 Å². The molecule has 5 rings (SSSR count). The maximum atomic E-state index is 13.4. The van der Waals surface area contributed by atoms with E-state index in [2.05, 4.69) is 4.90 Å². The van der Waals surface area contributed by atoms with Crippen molar-refractivity contribution in [2.24, 2.45) is 0 Å². The van der Waals surface area contributed by atoms with Crippen molar-refractivity contribution in [1.29, 1.82) is 0 Å². The molecule has 6 heteroatoms. The highest BCUT2D eigenvalue weighted by atomic mass is 32.1. The summed E-state index contributed by atoms with van der Waals surface area (Å²) < 4.78 is 5.52. The number of nitrogens with zero attached hydrogens (tertiary/aromatic N) is 2. The van der Waals surface area contributed by atoms with Crippen molar-refractivity contribution < 1.29 is 9.53 Å². The van der Waals surface area contributed by atoms with Gasteiger partial charge in [-0.15, -0.1) is 11.3 Å². The van der Waals surface area contributed by atoms with E-state index in [0.29, 0.717) is 30.2 Å². The van der Waals surface area contributed by atoms with Crippen molar-refractivity contribution in [2.75, 3.05) is 36.9 Å². The van der Waals surface area contributed by atoms with Crippen LogP contribution in [0.25, 0.3) is 10.2 Å². The molecule has 2 aliphatic rings. The number of thiophene rings is 1. The number of hydrogen-bond donors (Lipinski definition) is 1. The largest absolute Gasteiger partial charge is 0.396 e. The molecule has 0 atom stereocenters. The second-order valence-corrected chi connectivity index (χ2v) is 8.49. The molecule has 1 aliphatic carbocycles. The number of anilines is 2. The number of carbonyl (C=O) groups is 1. The quantitative estimate of drug-likeness (QED) is 0.685. The summed E-state index contributed by atoms with van der Waals surface area (Å²) in [5.41, 5.74) is 10.7. The highest BCUT2D eigenvalue weighted by molar-refractivity contribution is 7.19. The van der Waals surface area contributed by atoms with Crippen LogP contribution >= 0.6 is 11.3 Å². The lowest BCUT2D eigenvalue weighted by molar-refractivity contribution is 0.103. The fourth-order valence-electron chi connectivity index (χ4n) is 4.30. The number of fused-ring (bicyclic) bond motifs is 3. The predicted molar refractivity (Wildman–Crippen MR) is 114 cm³/mol. The van der Waals surface area contributed by atoms with E-state index in [9.17, 15) is 4.79 Å². The number of pyridine rings is 1. The maximum Gasteiger partial charge on any atom is 0.213 e.